The van der Waals surface area contributed by atoms with Gasteiger partial charge in [-0.2, -0.15) is 0 Å². The number of sulfonamides is 1. The Morgan fingerprint density at radius 1 is 1.07 bits per heavy atom. The van der Waals surface area contributed by atoms with Crippen molar-refractivity contribution in [2.75, 3.05) is 10.6 Å². The average Bonchev–Trinajstić information content (AvgIpc) is 2.63. The van der Waals surface area contributed by atoms with E-state index in [0.29, 0.717) is 0 Å². The number of aryl methyl sites for hydroxylation is 3. The molecule has 0 spiro atoms. The van der Waals surface area contributed by atoms with Crippen molar-refractivity contribution < 1.29 is 18.1 Å². The predicted octanol–water partition coefficient (Wildman–Crippen LogP) is 3.55. The van der Waals surface area contributed by atoms with Crippen LogP contribution in [0.1, 0.15) is 42.1 Å². The number of nitro groups is 1. The molecule has 2 aromatic carbocycles. The standard InChI is InChI=1S/C21H27N3O5S/c1-13-10-15(3)20(11-14(13)2)16(4)22-21(25)17(5)23(30(6,28)29)18-8-7-9-19(12-18)24(26)27/h7-12,16-17H,1-6H3,(H,22,25)/t16-,17-/m1/s1. The van der Waals surface area contributed by atoms with E-state index in [1.807, 2.05) is 39.8 Å². The number of nitrogens with one attached hydrogen (secondary N) is 1. The van der Waals surface area contributed by atoms with E-state index < -0.39 is 26.9 Å². The molecule has 0 unspecified atom stereocenters. The van der Waals surface area contributed by atoms with Crippen LogP contribution in [0.5, 0.6) is 0 Å². The third-order valence-corrected chi connectivity index (χ3v) is 6.33. The van der Waals surface area contributed by atoms with Crippen molar-refractivity contribution in [1.82, 2.24) is 5.32 Å². The molecule has 30 heavy (non-hydrogen) atoms. The van der Waals surface area contributed by atoms with Gasteiger partial charge in [0.25, 0.3) is 5.69 Å². The average molecular weight is 434 g/mol. The summed E-state index contributed by atoms with van der Waals surface area (Å²) in [6, 6.07) is 7.83. The van der Waals surface area contributed by atoms with Crippen LogP contribution < -0.4 is 9.62 Å². The van der Waals surface area contributed by atoms with Crippen LogP contribution >= 0.6 is 0 Å². The molecule has 0 bridgehead atoms. The van der Waals surface area contributed by atoms with E-state index in [-0.39, 0.29) is 17.4 Å². The smallest absolute Gasteiger partial charge is 0.271 e. The zero-order valence-electron chi connectivity index (χ0n) is 18.0. The lowest BCUT2D eigenvalue weighted by Gasteiger charge is -2.29. The number of non-ortho nitro benzene ring substituents is 1. The number of hydrogen-bond donors (Lipinski definition) is 1. The van der Waals surface area contributed by atoms with Gasteiger partial charge in [0.1, 0.15) is 6.04 Å². The van der Waals surface area contributed by atoms with Crippen LogP contribution in [-0.4, -0.2) is 31.5 Å². The van der Waals surface area contributed by atoms with Crippen LogP contribution in [0, 0.1) is 30.9 Å². The van der Waals surface area contributed by atoms with Crippen molar-refractivity contribution in [3.8, 4) is 0 Å². The highest BCUT2D eigenvalue weighted by Gasteiger charge is 2.31. The van der Waals surface area contributed by atoms with Crippen LogP contribution in [0.4, 0.5) is 11.4 Å². The molecule has 2 aromatic rings. The van der Waals surface area contributed by atoms with Crippen molar-refractivity contribution in [3.63, 3.8) is 0 Å². The predicted molar refractivity (Wildman–Crippen MR) is 117 cm³/mol. The molecule has 0 saturated carbocycles. The molecule has 0 aliphatic carbocycles. The molecule has 0 aliphatic heterocycles. The summed E-state index contributed by atoms with van der Waals surface area (Å²) in [5.74, 6) is -0.503. The number of amides is 1. The first kappa shape index (κ1) is 23.3. The number of carbonyl (C=O) groups is 1. The molecule has 1 N–H and O–H groups in total. The van der Waals surface area contributed by atoms with E-state index >= 15 is 0 Å². The molecule has 0 heterocycles. The quantitative estimate of drug-likeness (QED) is 0.530. The molecule has 0 aromatic heterocycles. The van der Waals surface area contributed by atoms with Gasteiger partial charge in [0.2, 0.25) is 15.9 Å². The van der Waals surface area contributed by atoms with Crippen molar-refractivity contribution in [1.29, 1.82) is 0 Å². The summed E-state index contributed by atoms with van der Waals surface area (Å²) < 4.78 is 25.8. The Bertz CT molecular complexity index is 1080. The Labute approximate surface area is 177 Å². The maximum absolute atomic E-state index is 12.9. The fourth-order valence-corrected chi connectivity index (χ4v) is 4.58. The second-order valence-electron chi connectivity index (χ2n) is 7.54. The fraction of sp³-hybridized carbons (Fsp3) is 0.381. The van der Waals surface area contributed by atoms with E-state index in [1.54, 1.807) is 0 Å². The molecule has 162 valence electrons. The maximum Gasteiger partial charge on any atom is 0.271 e. The number of rotatable bonds is 7. The lowest BCUT2D eigenvalue weighted by atomic mass is 9.96. The monoisotopic (exact) mass is 433 g/mol. The zero-order chi connectivity index (χ0) is 22.8. The Hall–Kier alpha value is -2.94. The van der Waals surface area contributed by atoms with Gasteiger partial charge in [-0.1, -0.05) is 18.2 Å². The highest BCUT2D eigenvalue weighted by molar-refractivity contribution is 7.92. The summed E-state index contributed by atoms with van der Waals surface area (Å²) in [6.07, 6.45) is 0.965. The topological polar surface area (TPSA) is 110 Å². The van der Waals surface area contributed by atoms with Gasteiger partial charge in [-0.05, 0) is 62.9 Å². The minimum atomic E-state index is -3.88. The molecule has 0 aliphatic rings. The fourth-order valence-electron chi connectivity index (χ4n) is 3.41. The highest BCUT2D eigenvalue weighted by atomic mass is 32.2. The van der Waals surface area contributed by atoms with E-state index in [2.05, 4.69) is 5.32 Å². The third kappa shape index (κ3) is 5.15. The first-order valence-electron chi connectivity index (χ1n) is 9.45. The summed E-state index contributed by atoms with van der Waals surface area (Å²) >= 11 is 0. The minimum Gasteiger partial charge on any atom is -0.348 e. The van der Waals surface area contributed by atoms with Crippen molar-refractivity contribution in [3.05, 3.63) is 68.8 Å². The second-order valence-corrected chi connectivity index (χ2v) is 9.39. The molecule has 2 rings (SSSR count). The minimum absolute atomic E-state index is 0.0596. The summed E-state index contributed by atoms with van der Waals surface area (Å²) in [6.45, 7) is 9.25. The molecule has 0 fully saturated rings. The Kier molecular flexibility index (Phi) is 6.87. The van der Waals surface area contributed by atoms with Crippen molar-refractivity contribution in [2.45, 2.75) is 46.7 Å². The van der Waals surface area contributed by atoms with Gasteiger partial charge in [-0.3, -0.25) is 19.2 Å². The van der Waals surface area contributed by atoms with Gasteiger partial charge in [0.05, 0.1) is 22.9 Å². The Morgan fingerprint density at radius 2 is 1.67 bits per heavy atom. The van der Waals surface area contributed by atoms with Crippen LogP contribution in [0.25, 0.3) is 0 Å². The summed E-state index contributed by atoms with van der Waals surface area (Å²) in [5, 5.41) is 13.9. The number of nitro benzene ring substituents is 1. The Morgan fingerprint density at radius 3 is 2.23 bits per heavy atom. The number of nitrogens with zero attached hydrogens (tertiary/aromatic N) is 2. The van der Waals surface area contributed by atoms with Gasteiger partial charge >= 0.3 is 0 Å². The van der Waals surface area contributed by atoms with Crippen molar-refractivity contribution in [2.24, 2.45) is 0 Å². The molecule has 8 nitrogen and oxygen atoms in total. The van der Waals surface area contributed by atoms with Gasteiger partial charge in [-0.15, -0.1) is 0 Å². The number of anilines is 1. The van der Waals surface area contributed by atoms with Crippen LogP contribution in [0.2, 0.25) is 0 Å². The molecular formula is C21H27N3O5S. The van der Waals surface area contributed by atoms with Gasteiger partial charge in [-0.25, -0.2) is 8.42 Å². The summed E-state index contributed by atoms with van der Waals surface area (Å²) in [7, 11) is -3.88. The summed E-state index contributed by atoms with van der Waals surface area (Å²) in [4.78, 5) is 23.4. The molecular weight excluding hydrogens is 406 g/mol. The van der Waals surface area contributed by atoms with Crippen LogP contribution in [-0.2, 0) is 14.8 Å². The molecule has 2 atom stereocenters. The largest absolute Gasteiger partial charge is 0.348 e. The van der Waals surface area contributed by atoms with Crippen molar-refractivity contribution >= 4 is 27.3 Å². The highest BCUT2D eigenvalue weighted by Crippen LogP contribution is 2.26. The molecule has 1 amide bonds. The number of carbonyl (C=O) groups excluding carboxylic acids is 1. The second kappa shape index (κ2) is 8.83. The van der Waals surface area contributed by atoms with Gasteiger partial charge < -0.3 is 5.32 Å². The van der Waals surface area contributed by atoms with Gasteiger partial charge in [0, 0.05) is 12.1 Å². The molecule has 0 radical (unpaired) electrons. The Balaban J connectivity index is 2.34. The lowest BCUT2D eigenvalue weighted by molar-refractivity contribution is -0.384. The van der Waals surface area contributed by atoms with E-state index in [1.165, 1.54) is 25.1 Å². The maximum atomic E-state index is 12.9. The third-order valence-electron chi connectivity index (χ3n) is 5.09. The first-order valence-corrected chi connectivity index (χ1v) is 11.3. The molecule has 0 saturated heterocycles. The van der Waals surface area contributed by atoms with E-state index in [4.69, 9.17) is 0 Å². The molecule has 9 heteroatoms. The van der Waals surface area contributed by atoms with Crippen LogP contribution in [0.3, 0.4) is 0 Å². The number of benzene rings is 2. The van der Waals surface area contributed by atoms with Crippen LogP contribution in [0.15, 0.2) is 36.4 Å². The zero-order valence-corrected chi connectivity index (χ0v) is 18.8. The first-order chi connectivity index (χ1) is 13.8. The summed E-state index contributed by atoms with van der Waals surface area (Å²) in [5.41, 5.74) is 4.02. The normalized spacial score (nSPS) is 13.4. The van der Waals surface area contributed by atoms with E-state index in [0.717, 1.165) is 38.9 Å². The lowest BCUT2D eigenvalue weighted by Crippen LogP contribution is -2.48. The number of hydrogen-bond acceptors (Lipinski definition) is 5. The van der Waals surface area contributed by atoms with E-state index in [9.17, 15) is 23.3 Å². The SMILES string of the molecule is Cc1cc(C)c([C@@H](C)NC(=O)[C@@H](C)N(c2cccc([N+](=O)[O-])c2)S(C)(=O)=O)cc1C. The van der Waals surface area contributed by atoms with Gasteiger partial charge in [0.15, 0.2) is 0 Å².